The van der Waals surface area contributed by atoms with Gasteiger partial charge in [0.2, 0.25) is 11.8 Å². The third kappa shape index (κ3) is 4.75. The van der Waals surface area contributed by atoms with Crippen LogP contribution in [0.25, 0.3) is 11.3 Å². The quantitative estimate of drug-likeness (QED) is 0.522. The number of likely N-dealkylation sites (tertiary alicyclic amines) is 1. The average Bonchev–Trinajstić information content (AvgIpc) is 3.39. The van der Waals surface area contributed by atoms with Crippen molar-refractivity contribution in [3.8, 4) is 17.1 Å². The first kappa shape index (κ1) is 22.9. The lowest BCUT2D eigenvalue weighted by molar-refractivity contribution is -0.127. The van der Waals surface area contributed by atoms with Gasteiger partial charge in [-0.05, 0) is 38.2 Å². The summed E-state index contributed by atoms with van der Waals surface area (Å²) in [5, 5.41) is 18.7. The van der Waals surface area contributed by atoms with E-state index in [9.17, 15) is 14.0 Å². The van der Waals surface area contributed by atoms with Gasteiger partial charge in [-0.15, -0.1) is 0 Å². The van der Waals surface area contributed by atoms with Gasteiger partial charge in [-0.2, -0.15) is 5.10 Å². The number of carbonyl (C=O) groups excluding carboxylic acids is 2. The van der Waals surface area contributed by atoms with Crippen LogP contribution in [0.4, 0.5) is 4.39 Å². The summed E-state index contributed by atoms with van der Waals surface area (Å²) < 4.78 is 19.3. The molecule has 1 atom stereocenters. The van der Waals surface area contributed by atoms with Crippen molar-refractivity contribution in [2.75, 3.05) is 26.8 Å². The van der Waals surface area contributed by atoms with Gasteiger partial charge < -0.3 is 20.1 Å². The molecule has 4 rings (SSSR count). The molecule has 1 aliphatic heterocycles. The summed E-state index contributed by atoms with van der Waals surface area (Å²) in [5.41, 5.74) is 1.22. The molecule has 3 N–H and O–H groups in total. The van der Waals surface area contributed by atoms with E-state index in [1.807, 2.05) is 4.90 Å². The third-order valence-electron chi connectivity index (χ3n) is 6.45. The number of amides is 2. The standard InChI is InChI=1S/C23H28FN5O4/c1-14(4-8-30)12-26-21(31)15-3-7-29(23(11-15)5-6-23)22(32)19-10-18(27-28-19)16-9-20(33-2)25-13-17(16)24/h9-10,13,15,30H,1,3-8,11-12H2,2H3,(H,26,31)(H,27,28)/t15-/m0/s1. The lowest BCUT2D eigenvalue weighted by atomic mass is 9.88. The van der Waals surface area contributed by atoms with E-state index >= 15 is 0 Å². The molecule has 0 unspecified atom stereocenters. The number of nitrogens with zero attached hydrogens (tertiary/aromatic N) is 3. The minimum Gasteiger partial charge on any atom is -0.481 e. The van der Waals surface area contributed by atoms with Gasteiger partial charge in [0.15, 0.2) is 11.5 Å². The maximum absolute atomic E-state index is 14.2. The van der Waals surface area contributed by atoms with Crippen molar-refractivity contribution in [1.82, 2.24) is 25.4 Å². The lowest BCUT2D eigenvalue weighted by Crippen LogP contribution is -2.51. The molecule has 1 saturated heterocycles. The van der Waals surface area contributed by atoms with Crippen LogP contribution in [0.1, 0.15) is 42.6 Å². The average molecular weight is 458 g/mol. The van der Waals surface area contributed by atoms with Gasteiger partial charge >= 0.3 is 0 Å². The van der Waals surface area contributed by atoms with Crippen molar-refractivity contribution in [3.05, 3.63) is 42.0 Å². The second kappa shape index (κ2) is 9.30. The van der Waals surface area contributed by atoms with Crippen molar-refractivity contribution in [3.63, 3.8) is 0 Å². The Kier molecular flexibility index (Phi) is 6.46. The molecule has 0 bridgehead atoms. The van der Waals surface area contributed by atoms with Crippen LogP contribution in [0.5, 0.6) is 5.88 Å². The summed E-state index contributed by atoms with van der Waals surface area (Å²) in [5.74, 6) is -0.744. The van der Waals surface area contributed by atoms with Gasteiger partial charge in [-0.3, -0.25) is 14.7 Å². The fourth-order valence-electron chi connectivity index (χ4n) is 4.40. The fourth-order valence-corrected chi connectivity index (χ4v) is 4.40. The Bertz CT molecular complexity index is 1060. The minimum absolute atomic E-state index is 0.00850. The highest BCUT2D eigenvalue weighted by atomic mass is 19.1. The molecule has 176 valence electrons. The first-order valence-electron chi connectivity index (χ1n) is 11.0. The number of halogens is 1. The highest BCUT2D eigenvalue weighted by Gasteiger charge is 2.54. The zero-order valence-electron chi connectivity index (χ0n) is 18.6. The molecule has 1 saturated carbocycles. The number of aromatic nitrogens is 3. The largest absolute Gasteiger partial charge is 0.481 e. The normalized spacial score (nSPS) is 18.8. The highest BCUT2D eigenvalue weighted by Crippen LogP contribution is 2.50. The van der Waals surface area contributed by atoms with Crippen LogP contribution in [0.2, 0.25) is 0 Å². The predicted molar refractivity (Wildman–Crippen MR) is 118 cm³/mol. The van der Waals surface area contributed by atoms with E-state index in [2.05, 4.69) is 27.1 Å². The molecule has 1 aliphatic carbocycles. The van der Waals surface area contributed by atoms with E-state index in [4.69, 9.17) is 9.84 Å². The summed E-state index contributed by atoms with van der Waals surface area (Å²) in [4.78, 5) is 31.5. The molecule has 2 amide bonds. The van der Waals surface area contributed by atoms with Crippen molar-refractivity contribution < 1.29 is 23.8 Å². The Morgan fingerprint density at radius 3 is 2.91 bits per heavy atom. The number of carbonyl (C=O) groups is 2. The van der Waals surface area contributed by atoms with Crippen LogP contribution in [0.3, 0.4) is 0 Å². The van der Waals surface area contributed by atoms with E-state index < -0.39 is 5.82 Å². The fraction of sp³-hybridized carbons (Fsp3) is 0.478. The molecule has 33 heavy (non-hydrogen) atoms. The van der Waals surface area contributed by atoms with Gasteiger partial charge in [-0.1, -0.05) is 12.2 Å². The first-order chi connectivity index (χ1) is 15.9. The Morgan fingerprint density at radius 2 is 2.21 bits per heavy atom. The second-order valence-electron chi connectivity index (χ2n) is 8.69. The predicted octanol–water partition coefficient (Wildman–Crippen LogP) is 2.06. The smallest absolute Gasteiger partial charge is 0.274 e. The number of hydrogen-bond acceptors (Lipinski definition) is 6. The maximum atomic E-state index is 14.2. The van der Waals surface area contributed by atoms with Crippen LogP contribution in [0, 0.1) is 11.7 Å². The summed E-state index contributed by atoms with van der Waals surface area (Å²) in [7, 11) is 1.44. The molecule has 2 aromatic heterocycles. The van der Waals surface area contributed by atoms with Crippen molar-refractivity contribution in [2.24, 2.45) is 5.92 Å². The summed E-state index contributed by atoms with van der Waals surface area (Å²) in [6.45, 7) is 4.64. The molecule has 0 aromatic carbocycles. The van der Waals surface area contributed by atoms with E-state index in [-0.39, 0.29) is 47.0 Å². The number of methoxy groups -OCH3 is 1. The number of hydrogen-bond donors (Lipinski definition) is 3. The SMILES string of the molecule is C=C(CCO)CNC(=O)[C@H]1CCN(C(=O)c2cc(-c3cc(OC)ncc3F)[nH]n2)C2(CC2)C1. The van der Waals surface area contributed by atoms with Crippen LogP contribution in [0.15, 0.2) is 30.5 Å². The summed E-state index contributed by atoms with van der Waals surface area (Å²) in [6.07, 6.45) is 4.35. The van der Waals surface area contributed by atoms with E-state index in [0.29, 0.717) is 38.0 Å². The van der Waals surface area contributed by atoms with Crippen molar-refractivity contribution in [1.29, 1.82) is 0 Å². The van der Waals surface area contributed by atoms with Gasteiger partial charge in [-0.25, -0.2) is 9.37 Å². The molecule has 0 radical (unpaired) electrons. The Morgan fingerprint density at radius 1 is 1.42 bits per heavy atom. The topological polar surface area (TPSA) is 120 Å². The molecule has 10 heteroatoms. The monoisotopic (exact) mass is 457 g/mol. The second-order valence-corrected chi connectivity index (χ2v) is 8.69. The lowest BCUT2D eigenvalue weighted by Gasteiger charge is -2.39. The van der Waals surface area contributed by atoms with Gasteiger partial charge in [0.1, 0.15) is 0 Å². The Labute approximate surface area is 191 Å². The number of piperidine rings is 1. The zero-order valence-corrected chi connectivity index (χ0v) is 18.6. The van der Waals surface area contributed by atoms with Gasteiger partial charge in [0.05, 0.1) is 19.0 Å². The van der Waals surface area contributed by atoms with Crippen LogP contribution in [-0.2, 0) is 4.79 Å². The maximum Gasteiger partial charge on any atom is 0.274 e. The van der Waals surface area contributed by atoms with E-state index in [1.165, 1.54) is 19.2 Å². The number of H-pyrrole nitrogens is 1. The summed E-state index contributed by atoms with van der Waals surface area (Å²) >= 11 is 0. The number of pyridine rings is 1. The molecule has 2 aromatic rings. The molecule has 9 nitrogen and oxygen atoms in total. The number of rotatable bonds is 8. The summed E-state index contributed by atoms with van der Waals surface area (Å²) in [6, 6.07) is 2.97. The molecule has 3 heterocycles. The van der Waals surface area contributed by atoms with E-state index in [1.54, 1.807) is 0 Å². The van der Waals surface area contributed by atoms with Crippen LogP contribution >= 0.6 is 0 Å². The Balaban J connectivity index is 1.43. The number of ether oxygens (including phenoxy) is 1. The van der Waals surface area contributed by atoms with E-state index in [0.717, 1.165) is 24.6 Å². The zero-order chi connectivity index (χ0) is 23.6. The number of aliphatic hydroxyl groups is 1. The van der Waals surface area contributed by atoms with Crippen LogP contribution in [-0.4, -0.2) is 69.3 Å². The Hall–Kier alpha value is -3.27. The van der Waals surface area contributed by atoms with Crippen molar-refractivity contribution in [2.45, 2.75) is 37.6 Å². The number of aromatic amines is 1. The molecular weight excluding hydrogens is 429 g/mol. The van der Waals surface area contributed by atoms with Gasteiger partial charge in [0, 0.05) is 42.8 Å². The third-order valence-corrected chi connectivity index (χ3v) is 6.45. The van der Waals surface area contributed by atoms with Crippen molar-refractivity contribution >= 4 is 11.8 Å². The van der Waals surface area contributed by atoms with Gasteiger partial charge in [0.25, 0.3) is 5.91 Å². The number of aliphatic hydroxyl groups excluding tert-OH is 1. The minimum atomic E-state index is -0.550. The molecular formula is C23H28FN5O4. The molecule has 2 fully saturated rings. The number of nitrogens with one attached hydrogen (secondary N) is 2. The molecule has 2 aliphatic rings. The first-order valence-corrected chi connectivity index (χ1v) is 11.0. The highest BCUT2D eigenvalue weighted by molar-refractivity contribution is 5.94. The molecule has 1 spiro atoms. The van der Waals surface area contributed by atoms with Crippen LogP contribution < -0.4 is 10.1 Å².